The summed E-state index contributed by atoms with van der Waals surface area (Å²) in [5.74, 6) is 0.776. The molecule has 0 bridgehead atoms. The zero-order valence-corrected chi connectivity index (χ0v) is 10.8. The van der Waals surface area contributed by atoms with Crippen LogP contribution < -0.4 is 0 Å². The van der Waals surface area contributed by atoms with Crippen LogP contribution in [0.25, 0.3) is 0 Å². The molecule has 3 rings (SSSR count). The van der Waals surface area contributed by atoms with Crippen LogP contribution in [0.1, 0.15) is 18.1 Å². The number of allylic oxidation sites excluding steroid dienone is 1. The largest absolute Gasteiger partial charge is 0.476 e. The van der Waals surface area contributed by atoms with Crippen molar-refractivity contribution in [1.29, 1.82) is 5.41 Å². The highest BCUT2D eigenvalue weighted by Crippen LogP contribution is 2.41. The minimum Gasteiger partial charge on any atom is -0.476 e. The number of ether oxygens (including phenoxy) is 1. The minimum atomic E-state index is -0.799. The summed E-state index contributed by atoms with van der Waals surface area (Å²) in [6.07, 6.45) is 1.79. The zero-order valence-electron chi connectivity index (χ0n) is 10.8. The Hall–Kier alpha value is -2.35. The van der Waals surface area contributed by atoms with E-state index in [1.807, 2.05) is 67.6 Å². The highest BCUT2D eigenvalue weighted by molar-refractivity contribution is 6.04. The quantitative estimate of drug-likeness (QED) is 0.860. The summed E-state index contributed by atoms with van der Waals surface area (Å²) in [7, 11) is 0. The highest BCUT2D eigenvalue weighted by atomic mass is 16.5. The van der Waals surface area contributed by atoms with Gasteiger partial charge < -0.3 is 10.1 Å². The lowest BCUT2D eigenvalue weighted by atomic mass is 9.83. The molecule has 1 aliphatic rings. The molecule has 1 N–H and O–H groups in total. The lowest BCUT2D eigenvalue weighted by Gasteiger charge is -2.30. The third kappa shape index (κ3) is 1.76. The highest BCUT2D eigenvalue weighted by Gasteiger charge is 2.44. The Morgan fingerprint density at radius 1 is 0.842 bits per heavy atom. The maximum Gasteiger partial charge on any atom is 0.200 e. The Labute approximate surface area is 112 Å². The molecule has 2 nitrogen and oxygen atoms in total. The summed E-state index contributed by atoms with van der Waals surface area (Å²) in [5.41, 5.74) is 1.65. The van der Waals surface area contributed by atoms with Gasteiger partial charge in [-0.25, -0.2) is 0 Å². The Morgan fingerprint density at radius 3 is 1.68 bits per heavy atom. The predicted molar refractivity (Wildman–Crippen MR) is 76.2 cm³/mol. The fraction of sp³-hybridized carbons (Fsp3) is 0.118. The standard InChI is InChI=1S/C17H15NO/c1-13-12-16(18)17(19-13,14-8-4-2-5-9-14)15-10-6-3-7-11-15/h2-12,18H,1H3. The third-order valence-electron chi connectivity index (χ3n) is 3.40. The smallest absolute Gasteiger partial charge is 0.200 e. The van der Waals surface area contributed by atoms with Crippen LogP contribution in [0.2, 0.25) is 0 Å². The van der Waals surface area contributed by atoms with E-state index in [2.05, 4.69) is 0 Å². The molecule has 0 aliphatic carbocycles. The molecule has 0 fully saturated rings. The van der Waals surface area contributed by atoms with Gasteiger partial charge in [0.1, 0.15) is 0 Å². The summed E-state index contributed by atoms with van der Waals surface area (Å²) < 4.78 is 6.07. The zero-order chi connectivity index (χ0) is 13.3. The Kier molecular flexibility index (Phi) is 2.71. The maximum absolute atomic E-state index is 8.36. The van der Waals surface area contributed by atoms with Crippen LogP contribution in [0.3, 0.4) is 0 Å². The molecule has 1 aliphatic heterocycles. The van der Waals surface area contributed by atoms with Gasteiger partial charge in [-0.1, -0.05) is 60.7 Å². The van der Waals surface area contributed by atoms with Crippen LogP contribution in [0.5, 0.6) is 0 Å². The van der Waals surface area contributed by atoms with Gasteiger partial charge in [-0.15, -0.1) is 0 Å². The van der Waals surface area contributed by atoms with Crippen molar-refractivity contribution in [3.05, 3.63) is 83.6 Å². The van der Waals surface area contributed by atoms with E-state index in [0.29, 0.717) is 5.71 Å². The van der Waals surface area contributed by atoms with Crippen LogP contribution in [-0.4, -0.2) is 5.71 Å². The summed E-state index contributed by atoms with van der Waals surface area (Å²) in [4.78, 5) is 0. The predicted octanol–water partition coefficient (Wildman–Crippen LogP) is 3.88. The topological polar surface area (TPSA) is 33.1 Å². The van der Waals surface area contributed by atoms with Gasteiger partial charge in [-0.05, 0) is 6.92 Å². The van der Waals surface area contributed by atoms with E-state index in [9.17, 15) is 0 Å². The second-order valence-electron chi connectivity index (χ2n) is 4.68. The van der Waals surface area contributed by atoms with E-state index in [-0.39, 0.29) is 0 Å². The summed E-state index contributed by atoms with van der Waals surface area (Å²) >= 11 is 0. The van der Waals surface area contributed by atoms with Crippen molar-refractivity contribution in [2.45, 2.75) is 12.5 Å². The first-order chi connectivity index (χ1) is 9.23. The first kappa shape index (κ1) is 11.7. The van der Waals surface area contributed by atoms with Crippen LogP contribution in [-0.2, 0) is 10.3 Å². The van der Waals surface area contributed by atoms with E-state index >= 15 is 0 Å². The van der Waals surface area contributed by atoms with Crippen LogP contribution in [0.4, 0.5) is 0 Å². The normalized spacial score (nSPS) is 16.9. The molecule has 2 aromatic rings. The molecule has 2 heteroatoms. The molecule has 19 heavy (non-hydrogen) atoms. The summed E-state index contributed by atoms with van der Waals surface area (Å²) in [5, 5.41) is 8.36. The summed E-state index contributed by atoms with van der Waals surface area (Å²) in [6, 6.07) is 19.9. The van der Waals surface area contributed by atoms with Crippen molar-refractivity contribution in [1.82, 2.24) is 0 Å². The third-order valence-corrected chi connectivity index (χ3v) is 3.40. The van der Waals surface area contributed by atoms with Crippen LogP contribution in [0.15, 0.2) is 72.5 Å². The van der Waals surface area contributed by atoms with Crippen molar-refractivity contribution in [2.75, 3.05) is 0 Å². The number of hydrogen-bond acceptors (Lipinski definition) is 2. The number of nitrogens with one attached hydrogen (secondary N) is 1. The van der Waals surface area contributed by atoms with E-state index in [1.54, 1.807) is 6.08 Å². The second-order valence-corrected chi connectivity index (χ2v) is 4.68. The fourth-order valence-corrected chi connectivity index (χ4v) is 2.57. The van der Waals surface area contributed by atoms with E-state index in [1.165, 1.54) is 0 Å². The van der Waals surface area contributed by atoms with Gasteiger partial charge in [0.15, 0.2) is 5.60 Å². The lowest BCUT2D eigenvalue weighted by molar-refractivity contribution is 0.111. The first-order valence-corrected chi connectivity index (χ1v) is 6.31. The molecule has 94 valence electrons. The number of rotatable bonds is 2. The summed E-state index contributed by atoms with van der Waals surface area (Å²) in [6.45, 7) is 1.89. The second kappa shape index (κ2) is 4.39. The van der Waals surface area contributed by atoms with Gasteiger partial charge in [-0.3, -0.25) is 0 Å². The average molecular weight is 249 g/mol. The number of hydrogen-bond donors (Lipinski definition) is 1. The van der Waals surface area contributed by atoms with Gasteiger partial charge >= 0.3 is 0 Å². The molecule has 0 saturated carbocycles. The fourth-order valence-electron chi connectivity index (χ4n) is 2.57. The molecule has 0 aromatic heterocycles. The van der Waals surface area contributed by atoms with Crippen molar-refractivity contribution < 1.29 is 4.74 Å². The van der Waals surface area contributed by atoms with E-state index in [0.717, 1.165) is 16.9 Å². The molecule has 0 unspecified atom stereocenters. The molecule has 0 amide bonds. The van der Waals surface area contributed by atoms with Crippen molar-refractivity contribution in [3.63, 3.8) is 0 Å². The molecule has 0 radical (unpaired) electrons. The van der Waals surface area contributed by atoms with Gasteiger partial charge in [-0.2, -0.15) is 0 Å². The Morgan fingerprint density at radius 2 is 1.32 bits per heavy atom. The van der Waals surface area contributed by atoms with Crippen molar-refractivity contribution in [3.8, 4) is 0 Å². The molecular formula is C17H15NO. The monoisotopic (exact) mass is 249 g/mol. The van der Waals surface area contributed by atoms with Crippen molar-refractivity contribution in [2.24, 2.45) is 0 Å². The molecule has 0 spiro atoms. The SMILES string of the molecule is CC1=CC(=N)C(c2ccccc2)(c2ccccc2)O1. The van der Waals surface area contributed by atoms with E-state index < -0.39 is 5.60 Å². The molecule has 1 heterocycles. The Balaban J connectivity index is 2.22. The maximum atomic E-state index is 8.36. The molecule has 0 saturated heterocycles. The Bertz CT molecular complexity index is 589. The van der Waals surface area contributed by atoms with Crippen molar-refractivity contribution >= 4 is 5.71 Å². The molecule has 2 aromatic carbocycles. The van der Waals surface area contributed by atoms with Gasteiger partial charge in [0, 0.05) is 17.2 Å². The van der Waals surface area contributed by atoms with Gasteiger partial charge in [0.05, 0.1) is 11.5 Å². The van der Waals surface area contributed by atoms with E-state index in [4.69, 9.17) is 10.1 Å². The first-order valence-electron chi connectivity index (χ1n) is 6.31. The molecule has 0 atom stereocenters. The van der Waals surface area contributed by atoms with Crippen LogP contribution in [0, 0.1) is 5.41 Å². The van der Waals surface area contributed by atoms with Crippen LogP contribution >= 0.6 is 0 Å². The number of benzene rings is 2. The van der Waals surface area contributed by atoms with Gasteiger partial charge in [0.25, 0.3) is 0 Å². The molecular weight excluding hydrogens is 234 g/mol. The minimum absolute atomic E-state index is 0.474. The average Bonchev–Trinajstić information content (AvgIpc) is 2.76. The lowest BCUT2D eigenvalue weighted by Crippen LogP contribution is -2.34. The van der Waals surface area contributed by atoms with Gasteiger partial charge in [0.2, 0.25) is 0 Å².